The molecule has 3 fully saturated rings. The Morgan fingerprint density at radius 2 is 1.70 bits per heavy atom. The van der Waals surface area contributed by atoms with Crippen LogP contribution in [0, 0.1) is 17.3 Å². The normalized spacial score (nSPS) is 26.4. The van der Waals surface area contributed by atoms with E-state index in [0.29, 0.717) is 31.0 Å². The number of rotatable bonds is 14. The van der Waals surface area contributed by atoms with E-state index in [9.17, 15) is 9.90 Å². The van der Waals surface area contributed by atoms with Gasteiger partial charge in [0, 0.05) is 34.4 Å². The van der Waals surface area contributed by atoms with Gasteiger partial charge in [-0.3, -0.25) is 14.4 Å². The number of carbonyl (C=O) groups is 3. The number of amides is 3. The Bertz CT molecular complexity index is 1580. The Morgan fingerprint density at radius 1 is 1.06 bits per heavy atom. The van der Waals surface area contributed by atoms with Gasteiger partial charge in [-0.05, 0) is 68.9 Å². The van der Waals surface area contributed by atoms with Crippen LogP contribution < -0.4 is 9.64 Å². The summed E-state index contributed by atoms with van der Waals surface area (Å²) in [4.78, 5) is 50.5. The highest BCUT2D eigenvalue weighted by Crippen LogP contribution is 2.69. The van der Waals surface area contributed by atoms with Crippen LogP contribution in [-0.4, -0.2) is 85.3 Å². The number of likely N-dealkylation sites (tertiary alicyclic amines) is 1. The molecule has 1 spiro atoms. The van der Waals surface area contributed by atoms with Gasteiger partial charge in [0.2, 0.25) is 17.7 Å². The second-order valence-electron chi connectivity index (χ2n) is 15.5. The summed E-state index contributed by atoms with van der Waals surface area (Å²) in [5.74, 6) is -1.40. The molecule has 3 unspecified atom stereocenters. The number of benzene rings is 2. The van der Waals surface area contributed by atoms with E-state index in [1.165, 1.54) is 0 Å². The van der Waals surface area contributed by atoms with Crippen LogP contribution in [0.25, 0.3) is 0 Å². The van der Waals surface area contributed by atoms with Gasteiger partial charge in [0.25, 0.3) is 0 Å². The molecule has 3 heterocycles. The molecule has 0 aliphatic carbocycles. The highest BCUT2D eigenvalue weighted by Gasteiger charge is 2.77. The number of carbonyl (C=O) groups excluding carboxylic acids is 3. The van der Waals surface area contributed by atoms with Crippen molar-refractivity contribution in [3.05, 3.63) is 85.5 Å². The number of anilines is 1. The first kappa shape index (κ1) is 38.2. The van der Waals surface area contributed by atoms with Crippen LogP contribution in [0.15, 0.2) is 79.9 Å². The van der Waals surface area contributed by atoms with E-state index in [4.69, 9.17) is 4.74 Å². The molecule has 1 N–H and O–H groups in total. The Kier molecular flexibility index (Phi) is 11.4. The molecule has 270 valence electrons. The average molecular weight is 767 g/mol. The molecule has 2 bridgehead atoms. The molecule has 3 amide bonds. The first-order chi connectivity index (χ1) is 23.7. The molecule has 0 radical (unpaired) electrons. The van der Waals surface area contributed by atoms with Gasteiger partial charge in [0.1, 0.15) is 11.8 Å². The Morgan fingerprint density at radius 3 is 2.26 bits per heavy atom. The van der Waals surface area contributed by atoms with Gasteiger partial charge >= 0.3 is 0 Å². The summed E-state index contributed by atoms with van der Waals surface area (Å²) in [6, 6.07) is 15.1. The van der Waals surface area contributed by atoms with Crippen molar-refractivity contribution in [1.29, 1.82) is 0 Å². The van der Waals surface area contributed by atoms with Crippen molar-refractivity contribution in [3.8, 4) is 5.75 Å². The van der Waals surface area contributed by atoms with Gasteiger partial charge in [-0.1, -0.05) is 79.2 Å². The molecule has 2 aromatic rings. The van der Waals surface area contributed by atoms with Gasteiger partial charge in [-0.2, -0.15) is 0 Å². The summed E-state index contributed by atoms with van der Waals surface area (Å²) in [6.07, 6.45) is 4.68. The van der Waals surface area contributed by atoms with Crippen LogP contribution >= 0.6 is 27.7 Å². The fourth-order valence-corrected chi connectivity index (χ4v) is 12.4. The summed E-state index contributed by atoms with van der Waals surface area (Å²) >= 11 is 5.52. The van der Waals surface area contributed by atoms with Gasteiger partial charge in [0.15, 0.2) is 0 Å². The van der Waals surface area contributed by atoms with Crippen molar-refractivity contribution < 1.29 is 24.2 Å². The number of aliphatic hydroxyl groups excluding tert-OH is 1. The minimum Gasteiger partial charge on any atom is -0.494 e. The summed E-state index contributed by atoms with van der Waals surface area (Å²) in [7, 11) is 0. The first-order valence-corrected chi connectivity index (χ1v) is 19.3. The first-order valence-electron chi connectivity index (χ1n) is 17.5. The Labute approximate surface area is 310 Å². The summed E-state index contributed by atoms with van der Waals surface area (Å²) in [5, 5.41) is 10.8. The molecule has 3 saturated heterocycles. The minimum absolute atomic E-state index is 0.0820. The van der Waals surface area contributed by atoms with Crippen LogP contribution in [0.5, 0.6) is 5.75 Å². The average Bonchev–Trinajstić information content (AvgIpc) is 3.65. The molecule has 7 atom stereocenters. The SMILES string of the molecule is C=CCN(C(=O)[C@H]1[C@H]2C(=O)N([C@H](CO)c3ccccc3)C(C(=O)N(CC=C)C(C)(C)CC(C)(C)C)C23CC(Br)[C@@H]1S3)c1ccc(OCC)cc1. The molecule has 10 heteroatoms. The molecular weight excluding hydrogens is 714 g/mol. The van der Waals surface area contributed by atoms with Crippen molar-refractivity contribution in [2.45, 2.75) is 86.8 Å². The zero-order chi connectivity index (χ0) is 36.6. The van der Waals surface area contributed by atoms with Gasteiger partial charge in [0.05, 0.1) is 35.8 Å². The van der Waals surface area contributed by atoms with Gasteiger partial charge in [-0.25, -0.2) is 0 Å². The second kappa shape index (κ2) is 14.9. The third-order valence-corrected chi connectivity index (χ3v) is 13.5. The number of nitrogens with zero attached hydrogens (tertiary/aromatic N) is 3. The summed E-state index contributed by atoms with van der Waals surface area (Å²) < 4.78 is 4.74. The molecule has 50 heavy (non-hydrogen) atoms. The molecule has 5 rings (SSSR count). The lowest BCUT2D eigenvalue weighted by Crippen LogP contribution is -2.61. The molecule has 0 aromatic heterocycles. The number of hydrogen-bond donors (Lipinski definition) is 1. The zero-order valence-electron chi connectivity index (χ0n) is 30.2. The zero-order valence-corrected chi connectivity index (χ0v) is 32.6. The van der Waals surface area contributed by atoms with Crippen molar-refractivity contribution >= 4 is 51.1 Å². The number of halogens is 1. The third kappa shape index (κ3) is 6.92. The number of fused-ring (bicyclic) bond motifs is 1. The lowest BCUT2D eigenvalue weighted by atomic mass is 9.70. The lowest BCUT2D eigenvalue weighted by molar-refractivity contribution is -0.149. The third-order valence-electron chi connectivity index (χ3n) is 10.2. The van der Waals surface area contributed by atoms with E-state index in [1.807, 2.05) is 66.4 Å². The minimum atomic E-state index is -0.914. The molecule has 8 nitrogen and oxygen atoms in total. The topological polar surface area (TPSA) is 90.4 Å². The van der Waals surface area contributed by atoms with E-state index >= 15 is 9.59 Å². The highest BCUT2D eigenvalue weighted by atomic mass is 79.9. The molecule has 0 saturated carbocycles. The highest BCUT2D eigenvalue weighted by molar-refractivity contribution is 9.09. The Hall–Kier alpha value is -3.08. The number of ether oxygens (including phenoxy) is 1. The number of hydrogen-bond acceptors (Lipinski definition) is 6. The lowest BCUT2D eigenvalue weighted by Gasteiger charge is -2.46. The largest absolute Gasteiger partial charge is 0.494 e. The molecule has 3 aliphatic heterocycles. The van der Waals surface area contributed by atoms with Crippen LogP contribution in [0.2, 0.25) is 0 Å². The van der Waals surface area contributed by atoms with Crippen molar-refractivity contribution in [2.24, 2.45) is 17.3 Å². The van der Waals surface area contributed by atoms with E-state index in [-0.39, 0.29) is 46.4 Å². The maximum atomic E-state index is 15.4. The standard InChI is InChI=1S/C40H52BrN3O5S/c1-9-21-42(27-17-19-28(20-18-27)49-11-3)35(46)31-32-36(47)44(30(24-45)26-15-13-12-14-16-26)34(40(32)23-29(41)33(31)50-40)37(48)43(22-10-2)39(7,8)25-38(4,5)6/h9-10,12-20,29-34,45H,1-2,11,21-25H2,3-8H3/t29?,30-,31+,32+,33+,34?,40?/m1/s1. The summed E-state index contributed by atoms with van der Waals surface area (Å²) in [6.45, 7) is 21.2. The number of thioether (sulfide) groups is 1. The van der Waals surface area contributed by atoms with E-state index in [0.717, 1.165) is 12.0 Å². The second-order valence-corrected chi connectivity index (χ2v) is 18.2. The van der Waals surface area contributed by atoms with E-state index in [1.54, 1.807) is 33.7 Å². The van der Waals surface area contributed by atoms with Crippen LogP contribution in [0.3, 0.4) is 0 Å². The number of alkyl halides is 1. The predicted molar refractivity (Wildman–Crippen MR) is 206 cm³/mol. The van der Waals surface area contributed by atoms with Crippen molar-refractivity contribution in [1.82, 2.24) is 9.80 Å². The smallest absolute Gasteiger partial charge is 0.247 e. The van der Waals surface area contributed by atoms with E-state index in [2.05, 4.69) is 63.7 Å². The maximum Gasteiger partial charge on any atom is 0.247 e. The predicted octanol–water partition coefficient (Wildman–Crippen LogP) is 7.03. The monoisotopic (exact) mass is 765 g/mol. The van der Waals surface area contributed by atoms with Crippen LogP contribution in [-0.2, 0) is 14.4 Å². The quantitative estimate of drug-likeness (QED) is 0.164. The fraction of sp³-hybridized carbons (Fsp3) is 0.525. The number of aliphatic hydroxyl groups is 1. The van der Waals surface area contributed by atoms with Crippen LogP contribution in [0.4, 0.5) is 5.69 Å². The maximum absolute atomic E-state index is 15.4. The van der Waals surface area contributed by atoms with E-state index < -0.39 is 34.2 Å². The molecule has 2 aromatic carbocycles. The molecule has 3 aliphatic rings. The van der Waals surface area contributed by atoms with Gasteiger partial charge < -0.3 is 24.5 Å². The van der Waals surface area contributed by atoms with Crippen molar-refractivity contribution in [3.63, 3.8) is 0 Å². The van der Waals surface area contributed by atoms with Crippen LogP contribution in [0.1, 0.15) is 66.0 Å². The summed E-state index contributed by atoms with van der Waals surface area (Å²) in [5.41, 5.74) is 0.760. The fourth-order valence-electron chi connectivity index (χ4n) is 8.82. The van der Waals surface area contributed by atoms with Gasteiger partial charge in [-0.15, -0.1) is 24.9 Å². The van der Waals surface area contributed by atoms with Crippen molar-refractivity contribution in [2.75, 3.05) is 31.2 Å². The Balaban J connectivity index is 1.64. The molecular formula is C40H52BrN3O5S.